The number of primary amides is 1. The van der Waals surface area contributed by atoms with Gasteiger partial charge in [-0.15, -0.1) is 0 Å². The molecule has 98 valence electrons. The van der Waals surface area contributed by atoms with Gasteiger partial charge in [-0.3, -0.25) is 4.79 Å². The molecule has 0 aromatic carbocycles. The van der Waals surface area contributed by atoms with E-state index in [4.69, 9.17) is 10.5 Å². The number of carbonyl (C=O) groups excluding carboxylic acids is 2. The Hall–Kier alpha value is -1.31. The van der Waals surface area contributed by atoms with Gasteiger partial charge >= 0.3 is 6.09 Å². The number of hydrogen-bond acceptors (Lipinski definition) is 5. The van der Waals surface area contributed by atoms with Gasteiger partial charge in [0.05, 0.1) is 11.5 Å². The fourth-order valence-electron chi connectivity index (χ4n) is 1.48. The number of sulfone groups is 1. The molecule has 0 spiro atoms. The van der Waals surface area contributed by atoms with Crippen LogP contribution in [-0.2, 0) is 19.4 Å². The van der Waals surface area contributed by atoms with Crippen molar-refractivity contribution in [3.63, 3.8) is 0 Å². The van der Waals surface area contributed by atoms with Crippen LogP contribution in [0.5, 0.6) is 0 Å². The van der Waals surface area contributed by atoms with Gasteiger partial charge in [-0.25, -0.2) is 13.2 Å². The lowest BCUT2D eigenvalue weighted by atomic mass is 10.0. The van der Waals surface area contributed by atoms with Crippen LogP contribution in [0.4, 0.5) is 4.79 Å². The van der Waals surface area contributed by atoms with E-state index in [1.807, 2.05) is 0 Å². The molecule has 0 radical (unpaired) electrons. The third kappa shape index (κ3) is 3.32. The molecule has 8 heteroatoms. The van der Waals surface area contributed by atoms with Gasteiger partial charge in [0.2, 0.25) is 5.91 Å². The molecule has 0 aromatic heterocycles. The third-order valence-electron chi connectivity index (χ3n) is 2.14. The van der Waals surface area contributed by atoms with Crippen LogP contribution < -0.4 is 11.1 Å². The van der Waals surface area contributed by atoms with Crippen molar-refractivity contribution in [3.05, 3.63) is 0 Å². The molecule has 1 heterocycles. The summed E-state index contributed by atoms with van der Waals surface area (Å²) in [7, 11) is -3.29. The Morgan fingerprint density at radius 3 is 2.06 bits per heavy atom. The fourth-order valence-corrected chi connectivity index (χ4v) is 3.33. The maximum Gasteiger partial charge on any atom is 0.408 e. The molecule has 1 fully saturated rings. The van der Waals surface area contributed by atoms with Crippen molar-refractivity contribution in [2.45, 2.75) is 31.9 Å². The Labute approximate surface area is 99.6 Å². The number of hydrogen-bond donors (Lipinski definition) is 2. The highest BCUT2D eigenvalue weighted by atomic mass is 32.2. The highest BCUT2D eigenvalue weighted by Crippen LogP contribution is 2.24. The number of ether oxygens (including phenoxy) is 1. The van der Waals surface area contributed by atoms with Gasteiger partial charge in [0.1, 0.15) is 11.1 Å². The quantitative estimate of drug-likeness (QED) is 0.675. The maximum atomic E-state index is 11.4. The van der Waals surface area contributed by atoms with Crippen molar-refractivity contribution in [3.8, 4) is 0 Å². The summed E-state index contributed by atoms with van der Waals surface area (Å²) in [5.74, 6) is -1.83. The zero-order valence-corrected chi connectivity index (χ0v) is 10.8. The van der Waals surface area contributed by atoms with Crippen molar-refractivity contribution in [2.75, 3.05) is 11.5 Å². The topological polar surface area (TPSA) is 116 Å². The Balaban J connectivity index is 2.72. The Morgan fingerprint density at radius 1 is 1.29 bits per heavy atom. The van der Waals surface area contributed by atoms with Crippen molar-refractivity contribution in [2.24, 2.45) is 5.73 Å². The van der Waals surface area contributed by atoms with Gasteiger partial charge in [-0.05, 0) is 20.8 Å². The Bertz CT molecular complexity index is 436. The van der Waals surface area contributed by atoms with Crippen LogP contribution in [0.3, 0.4) is 0 Å². The summed E-state index contributed by atoms with van der Waals surface area (Å²) in [4.78, 5) is 22.6. The van der Waals surface area contributed by atoms with Crippen LogP contribution in [0.25, 0.3) is 0 Å². The second-order valence-electron chi connectivity index (χ2n) is 5.11. The normalized spacial score (nSPS) is 21.1. The lowest BCUT2D eigenvalue weighted by Gasteiger charge is -2.38. The minimum atomic E-state index is -3.29. The summed E-state index contributed by atoms with van der Waals surface area (Å²) in [6.45, 7) is 4.96. The van der Waals surface area contributed by atoms with E-state index in [2.05, 4.69) is 5.32 Å². The number of carbonyl (C=O) groups is 2. The van der Waals surface area contributed by atoms with E-state index in [0.29, 0.717) is 0 Å². The molecule has 0 bridgehead atoms. The van der Waals surface area contributed by atoms with Crippen LogP contribution in [0.15, 0.2) is 0 Å². The number of rotatable bonds is 2. The van der Waals surface area contributed by atoms with E-state index in [1.165, 1.54) is 0 Å². The Kier molecular flexibility index (Phi) is 3.13. The molecule has 0 atom stereocenters. The van der Waals surface area contributed by atoms with Crippen molar-refractivity contribution in [1.82, 2.24) is 5.32 Å². The summed E-state index contributed by atoms with van der Waals surface area (Å²) >= 11 is 0. The summed E-state index contributed by atoms with van der Waals surface area (Å²) in [5, 5.41) is 2.23. The van der Waals surface area contributed by atoms with Crippen molar-refractivity contribution >= 4 is 21.8 Å². The van der Waals surface area contributed by atoms with Crippen LogP contribution in [-0.4, -0.2) is 43.1 Å². The third-order valence-corrected chi connectivity index (χ3v) is 4.01. The second kappa shape index (κ2) is 3.86. The van der Waals surface area contributed by atoms with Crippen molar-refractivity contribution in [1.29, 1.82) is 0 Å². The lowest BCUT2D eigenvalue weighted by molar-refractivity contribution is -0.123. The average Bonchev–Trinajstić information content (AvgIpc) is 1.94. The summed E-state index contributed by atoms with van der Waals surface area (Å²) in [6, 6.07) is 0. The standard InChI is InChI=1S/C9H16N2O5S/c1-8(2,3)16-7(13)11-9(6(10)12)4-17(14,15)5-9/h4-5H2,1-3H3,(H2,10,12)(H,11,13). The van der Waals surface area contributed by atoms with Gasteiger partial charge in [0.15, 0.2) is 9.84 Å². The van der Waals surface area contributed by atoms with Gasteiger partial charge < -0.3 is 15.8 Å². The first-order valence-corrected chi connectivity index (χ1v) is 6.79. The van der Waals surface area contributed by atoms with Gasteiger partial charge in [-0.2, -0.15) is 0 Å². The van der Waals surface area contributed by atoms with Crippen LogP contribution >= 0.6 is 0 Å². The van der Waals surface area contributed by atoms with Crippen LogP contribution in [0.2, 0.25) is 0 Å². The maximum absolute atomic E-state index is 11.4. The number of amides is 2. The van der Waals surface area contributed by atoms with E-state index in [-0.39, 0.29) is 0 Å². The molecule has 7 nitrogen and oxygen atoms in total. The molecule has 17 heavy (non-hydrogen) atoms. The number of nitrogens with one attached hydrogen (secondary N) is 1. The van der Waals surface area contributed by atoms with E-state index < -0.39 is 44.5 Å². The minimum Gasteiger partial charge on any atom is -0.444 e. The van der Waals surface area contributed by atoms with Crippen LogP contribution in [0, 0.1) is 0 Å². The van der Waals surface area contributed by atoms with Gasteiger partial charge in [0, 0.05) is 0 Å². The molecule has 2 amide bonds. The van der Waals surface area contributed by atoms with Gasteiger partial charge in [0.25, 0.3) is 0 Å². The van der Waals surface area contributed by atoms with E-state index in [0.717, 1.165) is 0 Å². The van der Waals surface area contributed by atoms with Gasteiger partial charge in [-0.1, -0.05) is 0 Å². The molecule has 1 aliphatic rings. The molecular weight excluding hydrogens is 248 g/mol. The number of nitrogens with two attached hydrogens (primary N) is 1. The van der Waals surface area contributed by atoms with E-state index >= 15 is 0 Å². The average molecular weight is 264 g/mol. The first-order valence-electron chi connectivity index (χ1n) is 4.97. The smallest absolute Gasteiger partial charge is 0.408 e. The fraction of sp³-hybridized carbons (Fsp3) is 0.778. The lowest BCUT2D eigenvalue weighted by Crippen LogP contribution is -2.72. The van der Waals surface area contributed by atoms with Crippen molar-refractivity contribution < 1.29 is 22.7 Å². The molecule has 1 aliphatic heterocycles. The molecule has 0 unspecified atom stereocenters. The largest absolute Gasteiger partial charge is 0.444 e. The predicted octanol–water partition coefficient (Wildman–Crippen LogP) is -0.836. The predicted molar refractivity (Wildman–Crippen MR) is 59.9 cm³/mol. The molecule has 1 saturated heterocycles. The molecule has 0 aromatic rings. The van der Waals surface area contributed by atoms with Crippen LogP contribution in [0.1, 0.15) is 20.8 Å². The highest BCUT2D eigenvalue weighted by molar-refractivity contribution is 7.93. The highest BCUT2D eigenvalue weighted by Gasteiger charge is 2.54. The molecular formula is C9H16N2O5S. The first-order chi connectivity index (χ1) is 7.46. The molecule has 1 rings (SSSR count). The zero-order valence-electron chi connectivity index (χ0n) is 9.94. The van der Waals surface area contributed by atoms with E-state index in [1.54, 1.807) is 20.8 Å². The van der Waals surface area contributed by atoms with E-state index in [9.17, 15) is 18.0 Å². The number of alkyl carbamates (subject to hydrolysis) is 1. The molecule has 3 N–H and O–H groups in total. The molecule has 0 saturated carbocycles. The SMILES string of the molecule is CC(C)(C)OC(=O)NC1(C(N)=O)CS(=O)(=O)C1. The minimum absolute atomic E-state index is 0.478. The Morgan fingerprint density at radius 2 is 1.76 bits per heavy atom. The second-order valence-corrected chi connectivity index (χ2v) is 7.17. The zero-order chi connectivity index (χ0) is 13.5. The summed E-state index contributed by atoms with van der Waals surface area (Å²) in [5.41, 5.74) is 2.83. The molecule has 0 aliphatic carbocycles. The summed E-state index contributed by atoms with van der Waals surface area (Å²) < 4.78 is 27.1. The first kappa shape index (κ1) is 13.8. The summed E-state index contributed by atoms with van der Waals surface area (Å²) in [6.07, 6.45) is -0.855. The monoisotopic (exact) mass is 264 g/mol.